The first-order valence-corrected chi connectivity index (χ1v) is 7.64. The van der Waals surface area contributed by atoms with Gasteiger partial charge >= 0.3 is 0 Å². The fraction of sp³-hybridized carbons (Fsp3) is 0.286. The Morgan fingerprint density at radius 3 is 3.05 bits per heavy atom. The minimum Gasteiger partial charge on any atom is -0.354 e. The Kier molecular flexibility index (Phi) is 2.92. The number of nitrogens with zero attached hydrogens (tertiary/aromatic N) is 5. The van der Waals surface area contributed by atoms with Crippen LogP contribution in [0.2, 0.25) is 0 Å². The maximum Gasteiger partial charge on any atom is 0.266 e. The summed E-state index contributed by atoms with van der Waals surface area (Å²) in [7, 11) is 0. The van der Waals surface area contributed by atoms with E-state index in [1.807, 2.05) is 11.4 Å². The van der Waals surface area contributed by atoms with E-state index in [0.29, 0.717) is 12.5 Å². The molecular weight excluding hydrogens is 286 g/mol. The van der Waals surface area contributed by atoms with Crippen LogP contribution in [0.15, 0.2) is 40.9 Å². The largest absolute Gasteiger partial charge is 0.354 e. The molecule has 0 aromatic carbocycles. The molecule has 0 N–H and O–H groups in total. The Bertz CT molecular complexity index is 836. The molecule has 0 atom stereocenters. The molecule has 0 saturated carbocycles. The van der Waals surface area contributed by atoms with E-state index in [1.54, 1.807) is 36.0 Å². The quantitative estimate of drug-likeness (QED) is 0.731. The predicted molar refractivity (Wildman–Crippen MR) is 81.6 cm³/mol. The number of hydrogen-bond acceptors (Lipinski definition) is 6. The van der Waals surface area contributed by atoms with Gasteiger partial charge in [0.2, 0.25) is 0 Å². The molecule has 1 aliphatic heterocycles. The van der Waals surface area contributed by atoms with E-state index in [0.717, 1.165) is 29.1 Å². The van der Waals surface area contributed by atoms with Crippen molar-refractivity contribution in [3.8, 4) is 0 Å². The summed E-state index contributed by atoms with van der Waals surface area (Å²) in [6.45, 7) is 2.45. The highest BCUT2D eigenvalue weighted by atomic mass is 32.1. The van der Waals surface area contributed by atoms with Gasteiger partial charge in [0.05, 0.1) is 16.8 Å². The maximum absolute atomic E-state index is 11.7. The predicted octanol–water partition coefficient (Wildman–Crippen LogP) is 1.38. The van der Waals surface area contributed by atoms with Crippen LogP contribution in [0.1, 0.15) is 0 Å². The van der Waals surface area contributed by atoms with Crippen molar-refractivity contribution in [1.29, 1.82) is 0 Å². The van der Waals surface area contributed by atoms with E-state index >= 15 is 0 Å². The van der Waals surface area contributed by atoms with Crippen molar-refractivity contribution >= 4 is 27.4 Å². The zero-order valence-corrected chi connectivity index (χ0v) is 12.0. The molecule has 6 nitrogen and oxygen atoms in total. The van der Waals surface area contributed by atoms with Gasteiger partial charge in [0.1, 0.15) is 12.1 Å². The minimum atomic E-state index is -0.0429. The van der Waals surface area contributed by atoms with Gasteiger partial charge in [-0.3, -0.25) is 4.79 Å². The monoisotopic (exact) mass is 299 g/mol. The van der Waals surface area contributed by atoms with Crippen LogP contribution in [0.5, 0.6) is 0 Å². The fourth-order valence-corrected chi connectivity index (χ4v) is 3.49. The van der Waals surface area contributed by atoms with Gasteiger partial charge in [-0.1, -0.05) is 0 Å². The van der Waals surface area contributed by atoms with Gasteiger partial charge in [-0.15, -0.1) is 11.3 Å². The maximum atomic E-state index is 11.7. The van der Waals surface area contributed by atoms with Crippen LogP contribution in [-0.2, 0) is 6.54 Å². The second kappa shape index (κ2) is 4.92. The Morgan fingerprint density at radius 2 is 2.19 bits per heavy atom. The second-order valence-electron chi connectivity index (χ2n) is 5.15. The summed E-state index contributed by atoms with van der Waals surface area (Å²) in [6.07, 6.45) is 3.26. The number of hydrogen-bond donors (Lipinski definition) is 0. The van der Waals surface area contributed by atoms with Gasteiger partial charge in [0, 0.05) is 31.3 Å². The van der Waals surface area contributed by atoms with E-state index in [-0.39, 0.29) is 5.56 Å². The number of rotatable bonds is 3. The summed E-state index contributed by atoms with van der Waals surface area (Å²) >= 11 is 1.66. The summed E-state index contributed by atoms with van der Waals surface area (Å²) in [5, 5.41) is 6.14. The van der Waals surface area contributed by atoms with Crippen LogP contribution in [0.3, 0.4) is 0 Å². The number of anilines is 1. The molecule has 0 radical (unpaired) electrons. The molecule has 4 heterocycles. The third kappa shape index (κ3) is 2.19. The van der Waals surface area contributed by atoms with E-state index in [4.69, 9.17) is 0 Å². The highest BCUT2D eigenvalue weighted by Gasteiger charge is 2.29. The highest BCUT2D eigenvalue weighted by molar-refractivity contribution is 7.17. The average Bonchev–Trinajstić information content (AvgIpc) is 2.93. The molecule has 0 spiro atoms. The van der Waals surface area contributed by atoms with Crippen molar-refractivity contribution in [2.45, 2.75) is 6.54 Å². The van der Waals surface area contributed by atoms with Crippen LogP contribution in [0.4, 0.5) is 5.82 Å². The molecular formula is C14H13N5OS. The van der Waals surface area contributed by atoms with Crippen LogP contribution in [-0.4, -0.2) is 32.8 Å². The first-order chi connectivity index (χ1) is 10.3. The number of thiophene rings is 1. The lowest BCUT2D eigenvalue weighted by Gasteiger charge is -2.40. The topological polar surface area (TPSA) is 63.9 Å². The zero-order valence-electron chi connectivity index (χ0n) is 11.2. The minimum absolute atomic E-state index is 0.0429. The molecule has 1 fully saturated rings. The molecule has 1 saturated heterocycles. The molecule has 106 valence electrons. The van der Waals surface area contributed by atoms with E-state index in [9.17, 15) is 4.79 Å². The Labute approximate surface area is 124 Å². The molecule has 21 heavy (non-hydrogen) atoms. The Morgan fingerprint density at radius 1 is 1.29 bits per heavy atom. The summed E-state index contributed by atoms with van der Waals surface area (Å²) in [6, 6.07) is 5.22. The Balaban J connectivity index is 1.49. The molecule has 1 aliphatic rings. The van der Waals surface area contributed by atoms with Crippen LogP contribution in [0.25, 0.3) is 10.2 Å². The van der Waals surface area contributed by atoms with Gasteiger partial charge in [0.15, 0.2) is 0 Å². The zero-order chi connectivity index (χ0) is 14.2. The smallest absolute Gasteiger partial charge is 0.266 e. The second-order valence-corrected chi connectivity index (χ2v) is 6.06. The van der Waals surface area contributed by atoms with E-state index in [2.05, 4.69) is 20.0 Å². The van der Waals surface area contributed by atoms with Crippen LogP contribution < -0.4 is 10.5 Å². The molecule has 3 aromatic heterocycles. The SMILES string of the molecule is O=c1cccnn1CC1CN(c2ncnc3ccsc23)C1. The first kappa shape index (κ1) is 12.5. The number of aromatic nitrogens is 4. The lowest BCUT2D eigenvalue weighted by Crippen LogP contribution is -2.50. The third-order valence-electron chi connectivity index (χ3n) is 3.70. The van der Waals surface area contributed by atoms with Crippen molar-refractivity contribution in [2.75, 3.05) is 18.0 Å². The highest BCUT2D eigenvalue weighted by Crippen LogP contribution is 2.32. The number of fused-ring (bicyclic) bond motifs is 1. The molecule has 0 unspecified atom stereocenters. The van der Waals surface area contributed by atoms with Crippen LogP contribution in [0, 0.1) is 5.92 Å². The van der Waals surface area contributed by atoms with Crippen LogP contribution >= 0.6 is 11.3 Å². The van der Waals surface area contributed by atoms with Gasteiger partial charge < -0.3 is 4.90 Å². The molecule has 7 heteroatoms. The van der Waals surface area contributed by atoms with Crippen molar-refractivity contribution in [1.82, 2.24) is 19.7 Å². The lowest BCUT2D eigenvalue weighted by atomic mass is 10.0. The van der Waals surface area contributed by atoms with Crippen molar-refractivity contribution in [3.05, 3.63) is 46.5 Å². The van der Waals surface area contributed by atoms with E-state index < -0.39 is 0 Å². The lowest BCUT2D eigenvalue weighted by molar-refractivity contribution is 0.333. The third-order valence-corrected chi connectivity index (χ3v) is 4.60. The summed E-state index contributed by atoms with van der Waals surface area (Å²) in [4.78, 5) is 22.5. The van der Waals surface area contributed by atoms with Gasteiger partial charge in [0.25, 0.3) is 5.56 Å². The molecule has 0 aliphatic carbocycles. The Hall–Kier alpha value is -2.28. The molecule has 4 rings (SSSR count). The van der Waals surface area contributed by atoms with Gasteiger partial charge in [-0.25, -0.2) is 14.6 Å². The molecule has 3 aromatic rings. The standard InChI is InChI=1S/C14H13N5OS/c20-12-2-1-4-17-19(12)8-10-6-18(7-10)14-13-11(3-5-21-13)15-9-16-14/h1-5,9-10H,6-8H2. The molecule has 0 bridgehead atoms. The summed E-state index contributed by atoms with van der Waals surface area (Å²) in [5.41, 5.74) is 0.952. The van der Waals surface area contributed by atoms with Crippen molar-refractivity contribution < 1.29 is 0 Å². The van der Waals surface area contributed by atoms with Crippen molar-refractivity contribution in [3.63, 3.8) is 0 Å². The van der Waals surface area contributed by atoms with Crippen molar-refractivity contribution in [2.24, 2.45) is 5.92 Å². The normalized spacial score (nSPS) is 15.3. The van der Waals surface area contributed by atoms with Gasteiger partial charge in [-0.05, 0) is 17.5 Å². The summed E-state index contributed by atoms with van der Waals surface area (Å²) < 4.78 is 2.66. The summed E-state index contributed by atoms with van der Waals surface area (Å²) in [5.74, 6) is 1.43. The average molecular weight is 299 g/mol. The fourth-order valence-electron chi connectivity index (χ4n) is 2.63. The van der Waals surface area contributed by atoms with E-state index in [1.165, 1.54) is 4.68 Å². The molecule has 0 amide bonds. The first-order valence-electron chi connectivity index (χ1n) is 6.76. The van der Waals surface area contributed by atoms with Gasteiger partial charge in [-0.2, -0.15) is 5.10 Å².